The molecule has 0 aromatic heterocycles. The van der Waals surface area contributed by atoms with Crippen LogP contribution in [0.15, 0.2) is 30.3 Å². The van der Waals surface area contributed by atoms with Gasteiger partial charge in [-0.1, -0.05) is 30.3 Å². The third-order valence-electron chi connectivity index (χ3n) is 3.63. The first-order valence-electron chi connectivity index (χ1n) is 6.97. The van der Waals surface area contributed by atoms with Gasteiger partial charge in [-0.2, -0.15) is 4.31 Å². The zero-order chi connectivity index (χ0) is 14.4. The van der Waals surface area contributed by atoms with Crippen molar-refractivity contribution < 1.29 is 13.5 Å². The highest BCUT2D eigenvalue weighted by Gasteiger charge is 2.26. The van der Waals surface area contributed by atoms with Gasteiger partial charge in [-0.3, -0.25) is 4.90 Å². The molecule has 1 saturated heterocycles. The summed E-state index contributed by atoms with van der Waals surface area (Å²) in [6, 6.07) is 9.69. The molecule has 1 fully saturated rings. The molecule has 0 unspecified atom stereocenters. The molecule has 5 nitrogen and oxygen atoms in total. The average molecular weight is 298 g/mol. The van der Waals surface area contributed by atoms with E-state index < -0.39 is 10.0 Å². The van der Waals surface area contributed by atoms with E-state index in [1.807, 2.05) is 30.3 Å². The van der Waals surface area contributed by atoms with Gasteiger partial charge in [-0.15, -0.1) is 0 Å². The summed E-state index contributed by atoms with van der Waals surface area (Å²) in [7, 11) is -3.18. The van der Waals surface area contributed by atoms with Crippen LogP contribution in [0.25, 0.3) is 0 Å². The first kappa shape index (κ1) is 15.4. The molecule has 1 aliphatic rings. The standard InChI is InChI=1S/C14H22N2O3S/c17-12-11-15-7-9-16(10-8-15)20(18,19)13-6-14-4-2-1-3-5-14/h1-5,17H,6-13H2. The quantitative estimate of drug-likeness (QED) is 0.813. The fourth-order valence-electron chi connectivity index (χ4n) is 2.39. The van der Waals surface area contributed by atoms with Gasteiger partial charge in [0.2, 0.25) is 10.0 Å². The average Bonchev–Trinajstić information content (AvgIpc) is 2.47. The molecule has 1 aliphatic heterocycles. The van der Waals surface area contributed by atoms with Crippen molar-refractivity contribution in [2.75, 3.05) is 45.1 Å². The van der Waals surface area contributed by atoms with Crippen LogP contribution in [0.5, 0.6) is 0 Å². The van der Waals surface area contributed by atoms with Crippen molar-refractivity contribution in [2.45, 2.75) is 6.42 Å². The van der Waals surface area contributed by atoms with Gasteiger partial charge in [0.05, 0.1) is 12.4 Å². The number of aryl methyl sites for hydroxylation is 1. The Kier molecular flexibility index (Phi) is 5.54. The summed E-state index contributed by atoms with van der Waals surface area (Å²) in [5.41, 5.74) is 1.05. The minimum Gasteiger partial charge on any atom is -0.395 e. The minimum absolute atomic E-state index is 0.126. The van der Waals surface area contributed by atoms with E-state index in [0.717, 1.165) is 5.56 Å². The van der Waals surface area contributed by atoms with Gasteiger partial charge < -0.3 is 5.11 Å². The van der Waals surface area contributed by atoms with E-state index in [0.29, 0.717) is 39.1 Å². The zero-order valence-electron chi connectivity index (χ0n) is 11.6. The number of hydrogen-bond donors (Lipinski definition) is 1. The molecular formula is C14H22N2O3S. The van der Waals surface area contributed by atoms with Crippen LogP contribution in [-0.4, -0.2) is 67.8 Å². The second-order valence-corrected chi connectivity index (χ2v) is 7.10. The number of benzene rings is 1. The molecule has 0 atom stereocenters. The van der Waals surface area contributed by atoms with Gasteiger partial charge in [0.1, 0.15) is 0 Å². The maximum absolute atomic E-state index is 12.3. The van der Waals surface area contributed by atoms with E-state index in [4.69, 9.17) is 5.11 Å². The Bertz CT molecular complexity index is 496. The van der Waals surface area contributed by atoms with Crippen LogP contribution in [0.3, 0.4) is 0 Å². The van der Waals surface area contributed by atoms with Crippen LogP contribution in [-0.2, 0) is 16.4 Å². The summed E-state index contributed by atoms with van der Waals surface area (Å²) in [5.74, 6) is 0.164. The molecule has 0 radical (unpaired) electrons. The third kappa shape index (κ3) is 4.28. The molecular weight excluding hydrogens is 276 g/mol. The van der Waals surface area contributed by atoms with Crippen LogP contribution in [0.4, 0.5) is 0 Å². The second kappa shape index (κ2) is 7.17. The predicted molar refractivity (Wildman–Crippen MR) is 79.0 cm³/mol. The Balaban J connectivity index is 1.85. The molecule has 1 N–H and O–H groups in total. The monoisotopic (exact) mass is 298 g/mol. The molecule has 112 valence electrons. The predicted octanol–water partition coefficient (Wildman–Crippen LogP) is 0.169. The Labute approximate surface area is 120 Å². The summed E-state index contributed by atoms with van der Waals surface area (Å²) in [5, 5.41) is 8.88. The van der Waals surface area contributed by atoms with Gasteiger partial charge in [0.25, 0.3) is 0 Å². The highest BCUT2D eigenvalue weighted by atomic mass is 32.2. The smallest absolute Gasteiger partial charge is 0.214 e. The number of piperazine rings is 1. The maximum atomic E-state index is 12.3. The summed E-state index contributed by atoms with van der Waals surface area (Å²) < 4.78 is 26.1. The Morgan fingerprint density at radius 1 is 1.05 bits per heavy atom. The van der Waals surface area contributed by atoms with Crippen molar-refractivity contribution in [3.05, 3.63) is 35.9 Å². The molecule has 6 heteroatoms. The SMILES string of the molecule is O=S(=O)(CCc1ccccc1)N1CCN(CCO)CC1. The van der Waals surface area contributed by atoms with Crippen molar-refractivity contribution >= 4 is 10.0 Å². The van der Waals surface area contributed by atoms with Crippen molar-refractivity contribution in [1.29, 1.82) is 0 Å². The molecule has 1 heterocycles. The van der Waals surface area contributed by atoms with Gasteiger partial charge in [0, 0.05) is 32.7 Å². The van der Waals surface area contributed by atoms with E-state index >= 15 is 0 Å². The fourth-order valence-corrected chi connectivity index (χ4v) is 3.86. The lowest BCUT2D eigenvalue weighted by molar-refractivity contribution is 0.151. The number of nitrogens with zero attached hydrogens (tertiary/aromatic N) is 2. The summed E-state index contributed by atoms with van der Waals surface area (Å²) >= 11 is 0. The van der Waals surface area contributed by atoms with E-state index in [2.05, 4.69) is 4.90 Å². The Hall–Kier alpha value is -0.950. The summed E-state index contributed by atoms with van der Waals surface area (Å²) in [6.45, 7) is 3.20. The minimum atomic E-state index is -3.18. The number of hydrogen-bond acceptors (Lipinski definition) is 4. The highest BCUT2D eigenvalue weighted by molar-refractivity contribution is 7.89. The van der Waals surface area contributed by atoms with Crippen LogP contribution in [0, 0.1) is 0 Å². The fraction of sp³-hybridized carbons (Fsp3) is 0.571. The van der Waals surface area contributed by atoms with Gasteiger partial charge in [-0.25, -0.2) is 8.42 Å². The molecule has 1 aromatic carbocycles. The zero-order valence-corrected chi connectivity index (χ0v) is 12.4. The second-order valence-electron chi connectivity index (χ2n) is 5.02. The molecule has 20 heavy (non-hydrogen) atoms. The molecule has 0 amide bonds. The lowest BCUT2D eigenvalue weighted by Gasteiger charge is -2.33. The van der Waals surface area contributed by atoms with E-state index in [1.54, 1.807) is 4.31 Å². The Morgan fingerprint density at radius 2 is 1.70 bits per heavy atom. The first-order valence-corrected chi connectivity index (χ1v) is 8.58. The van der Waals surface area contributed by atoms with Crippen molar-refractivity contribution in [3.8, 4) is 0 Å². The van der Waals surface area contributed by atoms with Crippen LogP contribution < -0.4 is 0 Å². The number of aliphatic hydroxyl groups is 1. The van der Waals surface area contributed by atoms with E-state index in [1.165, 1.54) is 0 Å². The topological polar surface area (TPSA) is 60.9 Å². The van der Waals surface area contributed by atoms with Crippen molar-refractivity contribution in [2.24, 2.45) is 0 Å². The maximum Gasteiger partial charge on any atom is 0.214 e. The molecule has 0 saturated carbocycles. The molecule has 0 spiro atoms. The first-order chi connectivity index (χ1) is 9.62. The number of aliphatic hydroxyl groups excluding tert-OH is 1. The number of β-amino-alcohol motifs (C(OH)–C–C–N with tert-alkyl or cyclic N) is 1. The van der Waals surface area contributed by atoms with Gasteiger partial charge >= 0.3 is 0 Å². The third-order valence-corrected chi connectivity index (χ3v) is 5.50. The molecule has 0 aliphatic carbocycles. The van der Waals surface area contributed by atoms with Gasteiger partial charge in [-0.05, 0) is 12.0 Å². The summed E-state index contributed by atoms with van der Waals surface area (Å²) in [6.07, 6.45) is 0.556. The van der Waals surface area contributed by atoms with Crippen molar-refractivity contribution in [3.63, 3.8) is 0 Å². The highest BCUT2D eigenvalue weighted by Crippen LogP contribution is 2.10. The largest absolute Gasteiger partial charge is 0.395 e. The normalized spacial score (nSPS) is 18.2. The van der Waals surface area contributed by atoms with Crippen LogP contribution in [0.1, 0.15) is 5.56 Å². The number of rotatable bonds is 6. The van der Waals surface area contributed by atoms with Gasteiger partial charge in [0.15, 0.2) is 0 Å². The van der Waals surface area contributed by atoms with Crippen molar-refractivity contribution in [1.82, 2.24) is 9.21 Å². The van der Waals surface area contributed by atoms with E-state index in [-0.39, 0.29) is 12.4 Å². The van der Waals surface area contributed by atoms with E-state index in [9.17, 15) is 8.42 Å². The van der Waals surface area contributed by atoms with Crippen LogP contribution >= 0.6 is 0 Å². The summed E-state index contributed by atoms with van der Waals surface area (Å²) in [4.78, 5) is 2.09. The molecule has 1 aromatic rings. The molecule has 0 bridgehead atoms. The lowest BCUT2D eigenvalue weighted by Crippen LogP contribution is -2.49. The number of sulfonamides is 1. The lowest BCUT2D eigenvalue weighted by atomic mass is 10.2. The molecule has 2 rings (SSSR count). The van der Waals surface area contributed by atoms with Crippen LogP contribution in [0.2, 0.25) is 0 Å². The Morgan fingerprint density at radius 3 is 2.30 bits per heavy atom.